The van der Waals surface area contributed by atoms with Crippen molar-refractivity contribution in [3.63, 3.8) is 0 Å². The number of para-hydroxylation sites is 2. The maximum atomic E-state index is 11.7. The zero-order valence-electron chi connectivity index (χ0n) is 16.5. The Bertz CT molecular complexity index is 931. The zero-order valence-corrected chi connectivity index (χ0v) is 18.3. The van der Waals surface area contributed by atoms with E-state index in [1.165, 1.54) is 25.1 Å². The summed E-state index contributed by atoms with van der Waals surface area (Å²) in [6, 6.07) is 13.8. The Morgan fingerprint density at radius 1 is 1.21 bits per heavy atom. The molecule has 3 rings (SSSR count). The Labute approximate surface area is 172 Å². The smallest absolute Gasteiger partial charge is 0.232 e. The maximum absolute atomic E-state index is 11.7. The molecule has 4 N–H and O–H groups in total. The average Bonchev–Trinajstić information content (AvgIpc) is 2.97. The van der Waals surface area contributed by atoms with E-state index in [4.69, 9.17) is 5.26 Å². The number of hydrogen-bond acceptors (Lipinski definition) is 5. The van der Waals surface area contributed by atoms with Crippen molar-refractivity contribution in [2.45, 2.75) is 33.1 Å². The molecule has 0 bridgehead atoms. The van der Waals surface area contributed by atoms with Crippen LogP contribution >= 0.6 is 0 Å². The second kappa shape index (κ2) is 9.89. The van der Waals surface area contributed by atoms with Crippen LogP contribution in [0.3, 0.4) is 0 Å². The molecule has 1 aliphatic rings. The van der Waals surface area contributed by atoms with Gasteiger partial charge in [0.15, 0.2) is 0 Å². The molecule has 29 heavy (non-hydrogen) atoms. The summed E-state index contributed by atoms with van der Waals surface area (Å²) in [6.07, 6.45) is 0.933. The minimum absolute atomic E-state index is 0.0613. The Hall–Kier alpha value is -2.38. The molecule has 1 aliphatic heterocycles. The van der Waals surface area contributed by atoms with Crippen LogP contribution in [0.4, 0.5) is 11.4 Å². The summed E-state index contributed by atoms with van der Waals surface area (Å²) in [4.78, 5) is 22.5. The van der Waals surface area contributed by atoms with E-state index in [1.807, 2.05) is 24.3 Å². The van der Waals surface area contributed by atoms with E-state index in [-0.39, 0.29) is 27.8 Å². The van der Waals surface area contributed by atoms with Crippen molar-refractivity contribution < 1.29 is 26.6 Å². The van der Waals surface area contributed by atoms with Crippen molar-refractivity contribution in [2.24, 2.45) is 5.92 Å². The summed E-state index contributed by atoms with van der Waals surface area (Å²) >= 11 is -4.92. The van der Waals surface area contributed by atoms with Gasteiger partial charge in [-0.2, -0.15) is 0 Å². The number of benzene rings is 2. The predicted molar refractivity (Wildman–Crippen MR) is 110 cm³/mol. The molecule has 2 aromatic rings. The Kier molecular flexibility index (Phi) is 7.81. The van der Waals surface area contributed by atoms with Crippen molar-refractivity contribution in [3.8, 4) is 0 Å². The zero-order chi connectivity index (χ0) is 21.6. The van der Waals surface area contributed by atoms with Crippen LogP contribution in [0.2, 0.25) is 0 Å². The molecule has 0 aliphatic carbocycles. The molecule has 2 amide bonds. The van der Waals surface area contributed by atoms with Crippen LogP contribution in [0.25, 0.3) is 0 Å². The van der Waals surface area contributed by atoms with Gasteiger partial charge in [-0.25, -0.2) is 0 Å². The van der Waals surface area contributed by atoms with Gasteiger partial charge in [-0.05, 0) is 24.0 Å². The quantitative estimate of drug-likeness (QED) is 0.306. The third-order valence-electron chi connectivity index (χ3n) is 4.25. The van der Waals surface area contributed by atoms with E-state index in [1.54, 1.807) is 6.07 Å². The maximum Gasteiger partial charge on any atom is 0.232 e. The van der Waals surface area contributed by atoms with Crippen LogP contribution in [0.1, 0.15) is 38.7 Å². The fourth-order valence-electron chi connectivity index (χ4n) is 3.04. The minimum atomic E-state index is -4.92. The first-order valence-corrected chi connectivity index (χ1v) is 12.4. The van der Waals surface area contributed by atoms with Gasteiger partial charge in [0.1, 0.15) is 0 Å². The first-order valence-electron chi connectivity index (χ1n) is 9.08. The Morgan fingerprint density at radius 2 is 1.83 bits per heavy atom. The second-order valence-corrected chi connectivity index (χ2v) is 10.6. The van der Waals surface area contributed by atoms with E-state index < -0.39 is 14.2 Å². The topological polar surface area (TPSA) is 125 Å². The van der Waals surface area contributed by atoms with Crippen molar-refractivity contribution in [3.05, 3.63) is 54.1 Å². The number of amides is 2. The number of carbonyl (C=O) groups is 2. The Morgan fingerprint density at radius 3 is 2.45 bits per heavy atom. The van der Waals surface area contributed by atoms with Gasteiger partial charge >= 0.3 is 88.4 Å². The van der Waals surface area contributed by atoms with Gasteiger partial charge in [-0.3, -0.25) is 4.79 Å². The number of nitrogens with one attached hydrogen (secondary N) is 2. The van der Waals surface area contributed by atoms with Crippen LogP contribution in [-0.2, 0) is 17.2 Å². The number of fused-ring (bicyclic) bond motifs is 1. The van der Waals surface area contributed by atoms with Crippen LogP contribution in [0, 0.1) is 5.92 Å². The van der Waals surface area contributed by atoms with Gasteiger partial charge in [-0.15, -0.1) is 0 Å². The molecule has 0 fully saturated rings. The molecular formula is C20H25AsN2O6. The van der Waals surface area contributed by atoms with E-state index >= 15 is 0 Å². The molecule has 0 saturated carbocycles. The molecule has 2 atom stereocenters. The SMILES string of the molecule is CC(=O)Nc1ccccc1[As](=O)(O)OO.CC(C)CC1C(=O)Nc2ccccc21. The van der Waals surface area contributed by atoms with Crippen LogP contribution in [0.15, 0.2) is 48.5 Å². The van der Waals surface area contributed by atoms with E-state index in [0.717, 1.165) is 17.7 Å². The molecule has 156 valence electrons. The van der Waals surface area contributed by atoms with Crippen LogP contribution in [0.5, 0.6) is 0 Å². The monoisotopic (exact) mass is 464 g/mol. The van der Waals surface area contributed by atoms with Gasteiger partial charge in [0.05, 0.1) is 5.92 Å². The van der Waals surface area contributed by atoms with Crippen molar-refractivity contribution in [1.29, 1.82) is 0 Å². The van der Waals surface area contributed by atoms with E-state index in [9.17, 15) is 17.4 Å². The van der Waals surface area contributed by atoms with Gasteiger partial charge in [-0.1, -0.05) is 32.0 Å². The average molecular weight is 464 g/mol. The minimum Gasteiger partial charge on any atom is -0.325 e. The number of hydrogen-bond donors (Lipinski definition) is 4. The standard InChI is InChI=1S/C12H15NO.C8H10AsNO5/c1-8(2)7-10-9-5-3-4-6-11(9)13-12(10)14;1-6(11)10-8-5-3-2-4-7(8)9(12,13)15-14/h3-6,8,10H,7H2,1-2H3,(H,13,14);2-5,14H,1H3,(H,10,11)(H,12,13). The third-order valence-corrected chi connectivity index (χ3v) is 6.81. The molecule has 0 spiro atoms. The van der Waals surface area contributed by atoms with Gasteiger partial charge in [0, 0.05) is 5.69 Å². The molecule has 9 heteroatoms. The fourth-order valence-corrected chi connectivity index (χ4v) is 4.71. The summed E-state index contributed by atoms with van der Waals surface area (Å²) < 4.78 is 24.1. The van der Waals surface area contributed by atoms with E-state index in [2.05, 4.69) is 28.4 Å². The predicted octanol–water partition coefficient (Wildman–Crippen LogP) is 2.47. The summed E-state index contributed by atoms with van der Waals surface area (Å²) in [5, 5.41) is 13.6. The summed E-state index contributed by atoms with van der Waals surface area (Å²) in [6.45, 7) is 5.56. The molecule has 8 nitrogen and oxygen atoms in total. The summed E-state index contributed by atoms with van der Waals surface area (Å²) in [7, 11) is 0. The number of carbonyl (C=O) groups excluding carboxylic acids is 2. The second-order valence-electron chi connectivity index (χ2n) is 7.06. The molecule has 0 radical (unpaired) electrons. The van der Waals surface area contributed by atoms with Gasteiger partial charge < -0.3 is 5.32 Å². The molecule has 2 unspecified atom stereocenters. The van der Waals surface area contributed by atoms with Crippen molar-refractivity contribution in [2.75, 3.05) is 10.6 Å². The molecular weight excluding hydrogens is 439 g/mol. The van der Waals surface area contributed by atoms with Gasteiger partial charge in [0.2, 0.25) is 5.91 Å². The normalized spacial score (nSPS) is 16.9. The fraction of sp³-hybridized carbons (Fsp3) is 0.300. The molecule has 0 aromatic heterocycles. The van der Waals surface area contributed by atoms with Crippen LogP contribution in [-0.4, -0.2) is 35.3 Å². The number of anilines is 2. The first-order chi connectivity index (χ1) is 13.7. The third kappa shape index (κ3) is 6.05. The first kappa shape index (κ1) is 22.9. The van der Waals surface area contributed by atoms with E-state index in [0.29, 0.717) is 5.92 Å². The van der Waals surface area contributed by atoms with Crippen molar-refractivity contribution >= 4 is 41.7 Å². The summed E-state index contributed by atoms with van der Waals surface area (Å²) in [5.74, 6) is 0.388. The Balaban J connectivity index is 0.000000207. The largest absolute Gasteiger partial charge is 0.325 e. The van der Waals surface area contributed by atoms with Gasteiger partial charge in [0.25, 0.3) is 0 Å². The van der Waals surface area contributed by atoms with Crippen molar-refractivity contribution in [1.82, 2.24) is 0 Å². The molecule has 0 saturated heterocycles. The van der Waals surface area contributed by atoms with Crippen LogP contribution < -0.4 is 15.0 Å². The molecule has 2 aromatic carbocycles. The number of rotatable bonds is 5. The molecule has 1 heterocycles. The summed E-state index contributed by atoms with van der Waals surface area (Å²) in [5.41, 5.74) is 2.30.